The average molecular weight is 366 g/mol. The van der Waals surface area contributed by atoms with Crippen molar-refractivity contribution in [2.75, 3.05) is 18.4 Å². The summed E-state index contributed by atoms with van der Waals surface area (Å²) in [7, 11) is -3.24. The highest BCUT2D eigenvalue weighted by Crippen LogP contribution is 2.13. The smallest absolute Gasteiger partial charge is 0.216 e. The van der Waals surface area contributed by atoms with Crippen molar-refractivity contribution in [1.29, 1.82) is 0 Å². The molecule has 138 valence electrons. The lowest BCUT2D eigenvalue weighted by Crippen LogP contribution is -2.39. The summed E-state index contributed by atoms with van der Waals surface area (Å²) < 4.78 is 25.7. The van der Waals surface area contributed by atoms with Crippen LogP contribution in [0, 0.1) is 0 Å². The second-order valence-electron chi connectivity index (χ2n) is 6.77. The summed E-state index contributed by atoms with van der Waals surface area (Å²) in [5, 5.41) is 14.8. The van der Waals surface area contributed by atoms with Crippen molar-refractivity contribution < 1.29 is 8.42 Å². The lowest BCUT2D eigenvalue weighted by molar-refractivity contribution is 0.540. The summed E-state index contributed by atoms with van der Waals surface area (Å²) in [6.07, 6.45) is 4.16. The first-order valence-electron chi connectivity index (χ1n) is 8.36. The van der Waals surface area contributed by atoms with Gasteiger partial charge in [0.05, 0.1) is 10.4 Å². The van der Waals surface area contributed by atoms with Gasteiger partial charge in [0.15, 0.2) is 6.33 Å². The van der Waals surface area contributed by atoms with Crippen molar-refractivity contribution in [2.45, 2.75) is 44.8 Å². The molecule has 0 atom stereocenters. The van der Waals surface area contributed by atoms with Crippen molar-refractivity contribution in [1.82, 2.24) is 24.9 Å². The van der Waals surface area contributed by atoms with E-state index in [1.165, 1.54) is 11.1 Å². The third kappa shape index (κ3) is 5.79. The first-order valence-corrected chi connectivity index (χ1v) is 9.84. The fraction of sp³-hybridized carbons (Fsp3) is 0.562. The van der Waals surface area contributed by atoms with E-state index in [9.17, 15) is 8.42 Å². The molecule has 0 fully saturated rings. The molecule has 25 heavy (non-hydrogen) atoms. The summed E-state index contributed by atoms with van der Waals surface area (Å²) in [4.78, 5) is 1.46. The molecular formula is C16H26N6O2S. The Balaban J connectivity index is 1.62. The topological polar surface area (TPSA) is 102 Å². The van der Waals surface area contributed by atoms with E-state index in [2.05, 4.69) is 25.4 Å². The number of tetrazole rings is 1. The zero-order valence-corrected chi connectivity index (χ0v) is 15.8. The fourth-order valence-electron chi connectivity index (χ4n) is 2.08. The second-order valence-corrected chi connectivity index (χ2v) is 9.29. The highest BCUT2D eigenvalue weighted by Gasteiger charge is 2.27. The second kappa shape index (κ2) is 8.39. The minimum absolute atomic E-state index is 0.485. The number of nitrogens with one attached hydrogen (secondary N) is 2. The van der Waals surface area contributed by atoms with Gasteiger partial charge in [-0.1, -0.05) is 6.42 Å². The normalized spacial score (nSPS) is 12.3. The molecule has 0 amide bonds. The van der Waals surface area contributed by atoms with Crippen LogP contribution in [0.5, 0.6) is 0 Å². The number of rotatable bonds is 9. The number of hydrogen-bond acceptors (Lipinski definition) is 6. The Morgan fingerprint density at radius 1 is 1.04 bits per heavy atom. The predicted octanol–water partition coefficient (Wildman–Crippen LogP) is 1.96. The van der Waals surface area contributed by atoms with Gasteiger partial charge in [-0.15, -0.1) is 15.0 Å². The third-order valence-electron chi connectivity index (χ3n) is 3.73. The maximum absolute atomic E-state index is 11.9. The zero-order valence-electron chi connectivity index (χ0n) is 14.9. The molecule has 0 aliphatic carbocycles. The van der Waals surface area contributed by atoms with Gasteiger partial charge in [0.1, 0.15) is 0 Å². The molecule has 0 unspecified atom stereocenters. The molecule has 1 aromatic carbocycles. The summed E-state index contributed by atoms with van der Waals surface area (Å²) in [6.45, 7) is 6.42. The Hall–Kier alpha value is -2.00. The first kappa shape index (κ1) is 19.3. The van der Waals surface area contributed by atoms with Gasteiger partial charge in [-0.25, -0.2) is 13.1 Å². The van der Waals surface area contributed by atoms with Crippen LogP contribution < -0.4 is 10.0 Å². The molecule has 1 heterocycles. The van der Waals surface area contributed by atoms with Crippen LogP contribution in [0.3, 0.4) is 0 Å². The lowest BCUT2D eigenvalue weighted by Gasteiger charge is -2.19. The van der Waals surface area contributed by atoms with Gasteiger partial charge in [0, 0.05) is 18.8 Å². The van der Waals surface area contributed by atoms with E-state index in [0.717, 1.165) is 37.2 Å². The average Bonchev–Trinajstić information content (AvgIpc) is 3.08. The van der Waals surface area contributed by atoms with E-state index in [1.54, 1.807) is 20.8 Å². The molecule has 0 saturated heterocycles. The van der Waals surface area contributed by atoms with Crippen LogP contribution in [-0.4, -0.2) is 46.5 Å². The standard InChI is InChI=1S/C16H26N6O2S/c1-16(2,3)25(23,24)20-12-6-4-5-11-17-14-7-9-15(10-8-14)22-19-13-18-21-22/h7-10,13,17,20H,4-6,11-12H2,1-3H3. The molecule has 0 bridgehead atoms. The minimum Gasteiger partial charge on any atom is -0.385 e. The zero-order chi connectivity index (χ0) is 18.3. The molecule has 0 radical (unpaired) electrons. The molecule has 2 rings (SSSR count). The van der Waals surface area contributed by atoms with Crippen molar-refractivity contribution >= 4 is 15.7 Å². The van der Waals surface area contributed by atoms with Gasteiger partial charge in [0.2, 0.25) is 10.0 Å². The number of benzene rings is 1. The van der Waals surface area contributed by atoms with Gasteiger partial charge >= 0.3 is 0 Å². The molecule has 1 aromatic heterocycles. The van der Waals surface area contributed by atoms with E-state index in [1.807, 2.05) is 24.3 Å². The molecule has 0 spiro atoms. The Morgan fingerprint density at radius 3 is 2.32 bits per heavy atom. The largest absolute Gasteiger partial charge is 0.385 e. The number of sulfonamides is 1. The van der Waals surface area contributed by atoms with Crippen LogP contribution in [0.1, 0.15) is 40.0 Å². The number of nitrogens with zero attached hydrogens (tertiary/aromatic N) is 4. The first-order chi connectivity index (χ1) is 11.8. The SMILES string of the molecule is CC(C)(C)S(=O)(=O)NCCCCCNc1ccc(-n2ncnn2)cc1. The molecule has 2 aromatic rings. The summed E-state index contributed by atoms with van der Waals surface area (Å²) in [5.41, 5.74) is 1.88. The van der Waals surface area contributed by atoms with Crippen LogP contribution in [0.25, 0.3) is 5.69 Å². The number of hydrogen-bond donors (Lipinski definition) is 2. The highest BCUT2D eigenvalue weighted by atomic mass is 32.2. The fourth-order valence-corrected chi connectivity index (χ4v) is 2.93. The van der Waals surface area contributed by atoms with Crippen LogP contribution >= 0.6 is 0 Å². The van der Waals surface area contributed by atoms with Crippen LogP contribution in [0.4, 0.5) is 5.69 Å². The number of aromatic nitrogens is 4. The molecule has 0 aliphatic rings. The Bertz CT molecular complexity index is 736. The van der Waals surface area contributed by atoms with Crippen molar-refractivity contribution in [3.05, 3.63) is 30.6 Å². The lowest BCUT2D eigenvalue weighted by atomic mass is 10.2. The molecule has 0 saturated carbocycles. The van der Waals surface area contributed by atoms with E-state index in [0.29, 0.717) is 6.54 Å². The number of unbranched alkanes of at least 4 members (excludes halogenated alkanes) is 2. The molecular weight excluding hydrogens is 340 g/mol. The van der Waals surface area contributed by atoms with Crippen molar-refractivity contribution in [3.63, 3.8) is 0 Å². The quantitative estimate of drug-likeness (QED) is 0.658. The molecule has 9 heteroatoms. The maximum atomic E-state index is 11.9. The summed E-state index contributed by atoms with van der Waals surface area (Å²) >= 11 is 0. The third-order valence-corrected chi connectivity index (χ3v) is 5.92. The summed E-state index contributed by atoms with van der Waals surface area (Å²) in [5.74, 6) is 0. The van der Waals surface area contributed by atoms with Gasteiger partial charge in [-0.3, -0.25) is 0 Å². The van der Waals surface area contributed by atoms with Crippen LogP contribution in [-0.2, 0) is 10.0 Å². The van der Waals surface area contributed by atoms with Crippen LogP contribution in [0.15, 0.2) is 30.6 Å². The van der Waals surface area contributed by atoms with Gasteiger partial charge in [-0.05, 0) is 63.1 Å². The maximum Gasteiger partial charge on any atom is 0.216 e. The number of anilines is 1. The minimum atomic E-state index is -3.24. The Labute approximate surface area is 149 Å². The molecule has 8 nitrogen and oxygen atoms in total. The van der Waals surface area contributed by atoms with Crippen molar-refractivity contribution in [3.8, 4) is 5.69 Å². The van der Waals surface area contributed by atoms with Gasteiger partial charge < -0.3 is 5.32 Å². The predicted molar refractivity (Wildman–Crippen MR) is 98.2 cm³/mol. The molecule has 2 N–H and O–H groups in total. The van der Waals surface area contributed by atoms with Gasteiger partial charge in [-0.2, -0.15) is 0 Å². The Kier molecular flexibility index (Phi) is 6.49. The van der Waals surface area contributed by atoms with E-state index < -0.39 is 14.8 Å². The van der Waals surface area contributed by atoms with Gasteiger partial charge in [0.25, 0.3) is 0 Å². The molecule has 0 aliphatic heterocycles. The van der Waals surface area contributed by atoms with Crippen molar-refractivity contribution in [2.24, 2.45) is 0 Å². The Morgan fingerprint density at radius 2 is 1.72 bits per heavy atom. The monoisotopic (exact) mass is 366 g/mol. The van der Waals surface area contributed by atoms with E-state index in [-0.39, 0.29) is 0 Å². The van der Waals surface area contributed by atoms with E-state index in [4.69, 9.17) is 0 Å². The van der Waals surface area contributed by atoms with E-state index >= 15 is 0 Å². The highest BCUT2D eigenvalue weighted by molar-refractivity contribution is 7.90. The van der Waals surface area contributed by atoms with Crippen LogP contribution in [0.2, 0.25) is 0 Å². The summed E-state index contributed by atoms with van der Waals surface area (Å²) in [6, 6.07) is 7.78.